The van der Waals surface area contributed by atoms with Gasteiger partial charge in [0.25, 0.3) is 0 Å². The van der Waals surface area contributed by atoms with Crippen LogP contribution in [0.25, 0.3) is 0 Å². The van der Waals surface area contributed by atoms with Crippen molar-refractivity contribution >= 4 is 17.7 Å². The highest BCUT2D eigenvalue weighted by atomic mass is 16.5. The molecule has 0 radical (unpaired) electrons. The van der Waals surface area contributed by atoms with Crippen molar-refractivity contribution in [3.05, 3.63) is 47.6 Å². The minimum Gasteiger partial charge on any atom is -0.347 e. The Balaban J connectivity index is 1.39. The summed E-state index contributed by atoms with van der Waals surface area (Å²) in [5.41, 5.74) is 0.360. The molecular formula is C26H35N5O4. The first-order valence-electron chi connectivity index (χ1n) is 12.7. The van der Waals surface area contributed by atoms with Crippen LogP contribution >= 0.6 is 0 Å². The molecule has 35 heavy (non-hydrogen) atoms. The van der Waals surface area contributed by atoms with Crippen LogP contribution in [0.15, 0.2) is 34.9 Å². The first kappa shape index (κ1) is 24.9. The summed E-state index contributed by atoms with van der Waals surface area (Å²) in [6.45, 7) is 2.69. The number of nitrogens with zero attached hydrogens (tertiary/aromatic N) is 3. The number of carbonyl (C=O) groups is 3. The molecule has 2 heterocycles. The summed E-state index contributed by atoms with van der Waals surface area (Å²) in [5, 5.41) is 10.4. The zero-order valence-corrected chi connectivity index (χ0v) is 20.4. The lowest BCUT2D eigenvalue weighted by molar-refractivity contribution is -0.129. The third-order valence-electron chi connectivity index (χ3n) is 6.95. The van der Waals surface area contributed by atoms with E-state index in [2.05, 4.69) is 20.8 Å². The number of aromatic nitrogens is 2. The molecule has 2 aromatic rings. The lowest BCUT2D eigenvalue weighted by Gasteiger charge is -2.30. The Hall–Kier alpha value is -3.23. The van der Waals surface area contributed by atoms with Gasteiger partial charge in [0.2, 0.25) is 23.6 Å². The third-order valence-corrected chi connectivity index (χ3v) is 6.95. The highest BCUT2D eigenvalue weighted by Gasteiger charge is 2.38. The van der Waals surface area contributed by atoms with Crippen molar-refractivity contribution in [3.63, 3.8) is 0 Å². The highest BCUT2D eigenvalue weighted by molar-refractivity contribution is 5.79. The monoisotopic (exact) mass is 481 g/mol. The molecule has 0 spiro atoms. The molecule has 4 rings (SSSR count). The van der Waals surface area contributed by atoms with E-state index in [1.165, 1.54) is 6.92 Å². The molecule has 2 aliphatic rings. The van der Waals surface area contributed by atoms with E-state index in [1.807, 2.05) is 35.2 Å². The molecule has 3 amide bonds. The molecule has 1 atom stereocenters. The molecule has 2 N–H and O–H groups in total. The van der Waals surface area contributed by atoms with Crippen molar-refractivity contribution in [2.45, 2.75) is 82.7 Å². The number of hydrogen-bond donors (Lipinski definition) is 2. The Bertz CT molecular complexity index is 1010. The quantitative estimate of drug-likeness (QED) is 0.531. The highest BCUT2D eigenvalue weighted by Crippen LogP contribution is 2.34. The van der Waals surface area contributed by atoms with Gasteiger partial charge in [0.15, 0.2) is 5.82 Å². The predicted molar refractivity (Wildman–Crippen MR) is 129 cm³/mol. The normalized spacial score (nSPS) is 18.7. The number of nitrogens with one attached hydrogen (secondary N) is 2. The first-order valence-corrected chi connectivity index (χ1v) is 12.7. The number of rotatable bonds is 9. The summed E-state index contributed by atoms with van der Waals surface area (Å²) >= 11 is 0. The molecule has 1 aromatic carbocycles. The van der Waals surface area contributed by atoms with Crippen molar-refractivity contribution in [2.24, 2.45) is 0 Å². The van der Waals surface area contributed by atoms with Gasteiger partial charge in [-0.2, -0.15) is 4.98 Å². The maximum Gasteiger partial charge on any atom is 0.227 e. The second kappa shape index (κ2) is 11.5. The van der Waals surface area contributed by atoms with Crippen LogP contribution in [0, 0.1) is 0 Å². The number of carbonyl (C=O) groups excluding carboxylic acids is 3. The summed E-state index contributed by atoms with van der Waals surface area (Å²) in [7, 11) is 0. The fraction of sp³-hybridized carbons (Fsp3) is 0.577. The second-order valence-electron chi connectivity index (χ2n) is 9.66. The summed E-state index contributed by atoms with van der Waals surface area (Å²) in [4.78, 5) is 43.3. The van der Waals surface area contributed by atoms with Crippen LogP contribution in [-0.4, -0.2) is 45.9 Å². The number of benzene rings is 1. The SMILES string of the molecule is CC(=O)NC1(c2noc(CCC(=O)NC(CN3CCCC3=O)c3ccccc3)n2)CCCCCC1. The minimum absolute atomic E-state index is 0.110. The van der Waals surface area contributed by atoms with E-state index in [0.29, 0.717) is 31.1 Å². The van der Waals surface area contributed by atoms with Crippen molar-refractivity contribution in [1.82, 2.24) is 25.7 Å². The molecular weight excluding hydrogens is 446 g/mol. The van der Waals surface area contributed by atoms with Gasteiger partial charge in [-0.15, -0.1) is 0 Å². The molecule has 9 nitrogen and oxygen atoms in total. The van der Waals surface area contributed by atoms with Crippen molar-refractivity contribution in [1.29, 1.82) is 0 Å². The maximum absolute atomic E-state index is 12.9. The van der Waals surface area contributed by atoms with Gasteiger partial charge in [0, 0.05) is 39.3 Å². The molecule has 1 aliphatic heterocycles. The van der Waals surface area contributed by atoms with Gasteiger partial charge in [-0.3, -0.25) is 14.4 Å². The average Bonchev–Trinajstić information content (AvgIpc) is 3.42. The van der Waals surface area contributed by atoms with E-state index < -0.39 is 5.54 Å². The van der Waals surface area contributed by atoms with E-state index >= 15 is 0 Å². The van der Waals surface area contributed by atoms with E-state index in [0.717, 1.165) is 57.1 Å². The van der Waals surface area contributed by atoms with Gasteiger partial charge >= 0.3 is 0 Å². The molecule has 0 bridgehead atoms. The van der Waals surface area contributed by atoms with Crippen LogP contribution < -0.4 is 10.6 Å². The average molecular weight is 482 g/mol. The summed E-state index contributed by atoms with van der Waals surface area (Å²) < 4.78 is 5.48. The van der Waals surface area contributed by atoms with Gasteiger partial charge in [-0.05, 0) is 24.8 Å². The first-order chi connectivity index (χ1) is 16.9. The van der Waals surface area contributed by atoms with Gasteiger partial charge in [-0.25, -0.2) is 0 Å². The van der Waals surface area contributed by atoms with Crippen molar-refractivity contribution in [2.75, 3.05) is 13.1 Å². The number of aryl methyl sites for hydroxylation is 1. The van der Waals surface area contributed by atoms with E-state index in [-0.39, 0.29) is 30.2 Å². The largest absolute Gasteiger partial charge is 0.347 e. The standard InChI is InChI=1S/C26H35N5O4/c1-19(32)29-26(15-7-2-3-8-16-26)25-28-23(35-30-25)14-13-22(33)27-21(20-10-5-4-6-11-20)18-31-17-9-12-24(31)34/h4-6,10-11,21H,2-3,7-9,12-18H2,1H3,(H,27,33)(H,29,32). The Kier molecular flexibility index (Phi) is 8.15. The number of likely N-dealkylation sites (tertiary alicyclic amines) is 1. The second-order valence-corrected chi connectivity index (χ2v) is 9.66. The Morgan fingerprint density at radius 2 is 1.86 bits per heavy atom. The van der Waals surface area contributed by atoms with Crippen LogP contribution in [0.4, 0.5) is 0 Å². The van der Waals surface area contributed by atoms with E-state index in [4.69, 9.17) is 4.52 Å². The Morgan fingerprint density at radius 3 is 2.51 bits per heavy atom. The molecule has 188 valence electrons. The van der Waals surface area contributed by atoms with Crippen LogP contribution in [0.3, 0.4) is 0 Å². The topological polar surface area (TPSA) is 117 Å². The van der Waals surface area contributed by atoms with Crippen LogP contribution in [0.2, 0.25) is 0 Å². The molecule has 1 unspecified atom stereocenters. The lowest BCUT2D eigenvalue weighted by Crippen LogP contribution is -2.45. The molecule has 1 saturated carbocycles. The van der Waals surface area contributed by atoms with Crippen molar-refractivity contribution < 1.29 is 18.9 Å². The van der Waals surface area contributed by atoms with Gasteiger partial charge in [0.1, 0.15) is 5.54 Å². The fourth-order valence-corrected chi connectivity index (χ4v) is 5.15. The predicted octanol–water partition coefficient (Wildman–Crippen LogP) is 3.17. The van der Waals surface area contributed by atoms with Crippen LogP contribution in [0.1, 0.15) is 88.0 Å². The Morgan fingerprint density at radius 1 is 1.11 bits per heavy atom. The summed E-state index contributed by atoms with van der Waals surface area (Å²) in [6, 6.07) is 9.43. The number of hydrogen-bond acceptors (Lipinski definition) is 6. The van der Waals surface area contributed by atoms with E-state index in [1.54, 1.807) is 0 Å². The maximum atomic E-state index is 12.9. The molecule has 1 aromatic heterocycles. The zero-order valence-electron chi connectivity index (χ0n) is 20.4. The smallest absolute Gasteiger partial charge is 0.227 e. The molecule has 1 saturated heterocycles. The van der Waals surface area contributed by atoms with Crippen LogP contribution in [-0.2, 0) is 26.3 Å². The third kappa shape index (κ3) is 6.46. The zero-order chi connectivity index (χ0) is 24.7. The van der Waals surface area contributed by atoms with E-state index in [9.17, 15) is 14.4 Å². The summed E-state index contributed by atoms with van der Waals surface area (Å²) in [5.74, 6) is 0.761. The lowest BCUT2D eigenvalue weighted by atomic mass is 9.89. The van der Waals surface area contributed by atoms with Crippen LogP contribution in [0.5, 0.6) is 0 Å². The Labute approximate surface area is 206 Å². The number of amides is 3. The minimum atomic E-state index is -0.604. The fourth-order valence-electron chi connectivity index (χ4n) is 5.15. The molecule has 9 heteroatoms. The molecule has 2 fully saturated rings. The van der Waals surface area contributed by atoms with Gasteiger partial charge in [0.05, 0.1) is 6.04 Å². The summed E-state index contributed by atoms with van der Waals surface area (Å²) in [6.07, 6.45) is 7.70. The van der Waals surface area contributed by atoms with Gasteiger partial charge in [-0.1, -0.05) is 61.2 Å². The van der Waals surface area contributed by atoms with Gasteiger partial charge < -0.3 is 20.1 Å². The molecule has 1 aliphatic carbocycles. The van der Waals surface area contributed by atoms with Crippen molar-refractivity contribution in [3.8, 4) is 0 Å².